The van der Waals surface area contributed by atoms with Crippen LogP contribution in [0.1, 0.15) is 31.9 Å². The molecule has 2 amide bonds. The smallest absolute Gasteiger partial charge is 0.319 e. The van der Waals surface area contributed by atoms with Crippen LogP contribution in [-0.2, 0) is 12.0 Å². The fourth-order valence-electron chi connectivity index (χ4n) is 3.03. The third-order valence-electron chi connectivity index (χ3n) is 4.30. The van der Waals surface area contributed by atoms with E-state index in [4.69, 9.17) is 0 Å². The first-order valence-corrected chi connectivity index (χ1v) is 8.56. The van der Waals surface area contributed by atoms with Gasteiger partial charge in [-0.25, -0.2) is 4.79 Å². The fourth-order valence-corrected chi connectivity index (χ4v) is 3.03. The van der Waals surface area contributed by atoms with Crippen molar-refractivity contribution in [1.29, 1.82) is 0 Å². The first-order valence-electron chi connectivity index (χ1n) is 8.56. The van der Waals surface area contributed by atoms with Gasteiger partial charge in [0.05, 0.1) is 0 Å². The Morgan fingerprint density at radius 2 is 1.56 bits per heavy atom. The van der Waals surface area contributed by atoms with Crippen molar-refractivity contribution in [2.75, 3.05) is 5.32 Å². The third kappa shape index (κ3) is 4.00. The van der Waals surface area contributed by atoms with Crippen LogP contribution in [0.2, 0.25) is 0 Å². The number of hydrogen-bond donors (Lipinski definition) is 2. The summed E-state index contributed by atoms with van der Waals surface area (Å²) in [6.07, 6.45) is 0. The van der Waals surface area contributed by atoms with Gasteiger partial charge in [-0.15, -0.1) is 0 Å². The van der Waals surface area contributed by atoms with Crippen LogP contribution in [0.4, 0.5) is 10.5 Å². The van der Waals surface area contributed by atoms with Gasteiger partial charge in [-0.3, -0.25) is 0 Å². The maximum absolute atomic E-state index is 12.4. The van der Waals surface area contributed by atoms with Gasteiger partial charge in [-0.05, 0) is 33.4 Å². The highest BCUT2D eigenvalue weighted by atomic mass is 16.2. The van der Waals surface area contributed by atoms with E-state index in [-0.39, 0.29) is 11.4 Å². The molecule has 0 heterocycles. The lowest BCUT2D eigenvalue weighted by Gasteiger charge is -2.23. The lowest BCUT2D eigenvalue weighted by atomic mass is 9.86. The van der Waals surface area contributed by atoms with Crippen molar-refractivity contribution in [2.24, 2.45) is 0 Å². The Kier molecular flexibility index (Phi) is 4.75. The van der Waals surface area contributed by atoms with E-state index < -0.39 is 0 Å². The van der Waals surface area contributed by atoms with Crippen LogP contribution in [0, 0.1) is 0 Å². The minimum absolute atomic E-state index is 0.0283. The minimum atomic E-state index is -0.190. The summed E-state index contributed by atoms with van der Waals surface area (Å²) in [6, 6.07) is 22.1. The number of urea groups is 1. The molecule has 0 atom stereocenters. The topological polar surface area (TPSA) is 41.1 Å². The lowest BCUT2D eigenvalue weighted by molar-refractivity contribution is 0.251. The van der Waals surface area contributed by atoms with E-state index in [1.165, 1.54) is 10.8 Å². The van der Waals surface area contributed by atoms with Crippen LogP contribution in [0.3, 0.4) is 0 Å². The average molecular weight is 332 g/mol. The Morgan fingerprint density at radius 3 is 2.36 bits per heavy atom. The van der Waals surface area contributed by atoms with Crippen molar-refractivity contribution < 1.29 is 4.79 Å². The van der Waals surface area contributed by atoms with Gasteiger partial charge in [0.1, 0.15) is 0 Å². The van der Waals surface area contributed by atoms with Crippen LogP contribution in [0.15, 0.2) is 66.7 Å². The number of carbonyl (C=O) groups is 1. The molecule has 3 heteroatoms. The molecule has 0 aliphatic carbocycles. The second-order valence-corrected chi connectivity index (χ2v) is 7.24. The number of para-hydroxylation sites is 1. The highest BCUT2D eigenvalue weighted by molar-refractivity contribution is 5.91. The van der Waals surface area contributed by atoms with E-state index >= 15 is 0 Å². The Labute approximate surface area is 149 Å². The van der Waals surface area contributed by atoms with Crippen molar-refractivity contribution in [3.63, 3.8) is 0 Å². The van der Waals surface area contributed by atoms with E-state index in [0.717, 1.165) is 16.8 Å². The van der Waals surface area contributed by atoms with Crippen LogP contribution < -0.4 is 10.6 Å². The molecule has 0 spiro atoms. The molecular weight excluding hydrogens is 308 g/mol. The molecule has 3 aromatic rings. The number of benzene rings is 3. The monoisotopic (exact) mass is 332 g/mol. The van der Waals surface area contributed by atoms with Crippen LogP contribution in [0.5, 0.6) is 0 Å². The van der Waals surface area contributed by atoms with Gasteiger partial charge in [0.2, 0.25) is 0 Å². The number of amides is 2. The molecule has 0 bridgehead atoms. The van der Waals surface area contributed by atoms with Gasteiger partial charge < -0.3 is 10.6 Å². The Hall–Kier alpha value is -2.81. The summed E-state index contributed by atoms with van der Waals surface area (Å²) in [4.78, 5) is 12.4. The quantitative estimate of drug-likeness (QED) is 0.657. The predicted octanol–water partition coefficient (Wildman–Crippen LogP) is 5.46. The molecule has 25 heavy (non-hydrogen) atoms. The van der Waals surface area contributed by atoms with Crippen LogP contribution in [0.25, 0.3) is 10.8 Å². The van der Waals surface area contributed by atoms with Crippen LogP contribution >= 0.6 is 0 Å². The summed E-state index contributed by atoms with van der Waals surface area (Å²) in [6.45, 7) is 6.91. The van der Waals surface area contributed by atoms with Gasteiger partial charge in [0.15, 0.2) is 0 Å². The van der Waals surface area contributed by atoms with Gasteiger partial charge in [-0.2, -0.15) is 0 Å². The molecule has 0 aliphatic heterocycles. The molecule has 2 N–H and O–H groups in total. The van der Waals surface area contributed by atoms with Gasteiger partial charge in [0, 0.05) is 12.2 Å². The first kappa shape index (κ1) is 17.0. The highest BCUT2D eigenvalue weighted by Gasteiger charge is 2.18. The lowest BCUT2D eigenvalue weighted by Crippen LogP contribution is -2.29. The minimum Gasteiger partial charge on any atom is -0.334 e. The predicted molar refractivity (Wildman–Crippen MR) is 105 cm³/mol. The largest absolute Gasteiger partial charge is 0.334 e. The van der Waals surface area contributed by atoms with E-state index in [1.807, 2.05) is 42.5 Å². The van der Waals surface area contributed by atoms with Crippen molar-refractivity contribution >= 4 is 22.5 Å². The molecule has 3 nitrogen and oxygen atoms in total. The molecule has 0 saturated carbocycles. The van der Waals surface area contributed by atoms with Gasteiger partial charge in [-0.1, -0.05) is 81.4 Å². The first-order chi connectivity index (χ1) is 11.9. The zero-order valence-electron chi connectivity index (χ0n) is 15.0. The fraction of sp³-hybridized carbons (Fsp3) is 0.227. The van der Waals surface area contributed by atoms with Crippen molar-refractivity contribution in [2.45, 2.75) is 32.7 Å². The van der Waals surface area contributed by atoms with E-state index in [9.17, 15) is 4.79 Å². The summed E-state index contributed by atoms with van der Waals surface area (Å²) < 4.78 is 0. The van der Waals surface area contributed by atoms with Crippen molar-refractivity contribution in [1.82, 2.24) is 5.32 Å². The molecule has 0 aliphatic rings. The molecule has 0 fully saturated rings. The number of rotatable bonds is 3. The number of fused-ring (bicyclic) bond motifs is 1. The second-order valence-electron chi connectivity index (χ2n) is 7.24. The Morgan fingerprint density at radius 1 is 0.880 bits per heavy atom. The molecule has 3 aromatic carbocycles. The summed E-state index contributed by atoms with van der Waals surface area (Å²) in [5.41, 5.74) is 3.05. The summed E-state index contributed by atoms with van der Waals surface area (Å²) in [7, 11) is 0. The molecule has 128 valence electrons. The number of anilines is 1. The van der Waals surface area contributed by atoms with E-state index in [1.54, 1.807) is 0 Å². The molecule has 0 saturated heterocycles. The summed E-state index contributed by atoms with van der Waals surface area (Å²) in [5, 5.41) is 8.30. The summed E-state index contributed by atoms with van der Waals surface area (Å²) >= 11 is 0. The Bertz CT molecular complexity index is 888. The van der Waals surface area contributed by atoms with Crippen molar-refractivity contribution in [3.05, 3.63) is 77.9 Å². The summed E-state index contributed by atoms with van der Waals surface area (Å²) in [5.74, 6) is 0. The van der Waals surface area contributed by atoms with E-state index in [2.05, 4.69) is 55.7 Å². The van der Waals surface area contributed by atoms with Gasteiger partial charge >= 0.3 is 6.03 Å². The van der Waals surface area contributed by atoms with Gasteiger partial charge in [0.25, 0.3) is 0 Å². The van der Waals surface area contributed by atoms with E-state index in [0.29, 0.717) is 6.54 Å². The number of hydrogen-bond acceptors (Lipinski definition) is 1. The SMILES string of the molecule is CC(C)(C)c1ccccc1NC(=O)NCc1cccc2ccccc12. The third-order valence-corrected chi connectivity index (χ3v) is 4.30. The highest BCUT2D eigenvalue weighted by Crippen LogP contribution is 2.29. The maximum atomic E-state index is 12.4. The average Bonchev–Trinajstić information content (AvgIpc) is 2.59. The molecule has 3 rings (SSSR count). The number of carbonyl (C=O) groups excluding carboxylic acids is 1. The normalized spacial score (nSPS) is 11.3. The Balaban J connectivity index is 1.72. The number of nitrogens with one attached hydrogen (secondary N) is 2. The maximum Gasteiger partial charge on any atom is 0.319 e. The van der Waals surface area contributed by atoms with Crippen LogP contribution in [-0.4, -0.2) is 6.03 Å². The molecule has 0 unspecified atom stereocenters. The standard InChI is InChI=1S/C22H24N2O/c1-22(2,3)19-13-6-7-14-20(19)24-21(25)23-15-17-11-8-10-16-9-4-5-12-18(16)17/h4-14H,15H2,1-3H3,(H2,23,24,25). The second kappa shape index (κ2) is 6.98. The molecule has 0 aromatic heterocycles. The van der Waals surface area contributed by atoms with Crippen molar-refractivity contribution in [3.8, 4) is 0 Å². The molecule has 0 radical (unpaired) electrons. The zero-order valence-corrected chi connectivity index (χ0v) is 15.0. The zero-order chi connectivity index (χ0) is 17.9. The molecular formula is C22H24N2O.